The van der Waals surface area contributed by atoms with Gasteiger partial charge in [-0.2, -0.15) is 0 Å². The molecule has 0 aliphatic heterocycles. The molecule has 1 aromatic heterocycles. The van der Waals surface area contributed by atoms with Crippen LogP contribution in [0, 0.1) is 6.92 Å². The fourth-order valence-corrected chi connectivity index (χ4v) is 2.43. The fraction of sp³-hybridized carbons (Fsp3) is 0.235. The Morgan fingerprint density at radius 2 is 1.95 bits per heavy atom. The van der Waals surface area contributed by atoms with Crippen LogP contribution in [0.1, 0.15) is 24.2 Å². The van der Waals surface area contributed by atoms with Gasteiger partial charge in [0.25, 0.3) is 0 Å². The van der Waals surface area contributed by atoms with E-state index in [1.165, 1.54) is 5.56 Å². The molecule has 1 heterocycles. The van der Waals surface area contributed by atoms with Gasteiger partial charge in [0.1, 0.15) is 5.75 Å². The number of hydrogen-bond acceptors (Lipinski definition) is 4. The van der Waals surface area contributed by atoms with E-state index in [0.717, 1.165) is 28.1 Å². The van der Waals surface area contributed by atoms with Gasteiger partial charge in [-0.15, -0.1) is 0 Å². The van der Waals surface area contributed by atoms with Crippen molar-refractivity contribution in [1.29, 1.82) is 0 Å². The third-order valence-electron chi connectivity index (χ3n) is 3.64. The topological polar surface area (TPSA) is 47.3 Å². The van der Waals surface area contributed by atoms with Gasteiger partial charge in [0.2, 0.25) is 0 Å². The monoisotopic (exact) mass is 282 g/mol. The average Bonchev–Trinajstić information content (AvgIpc) is 2.88. The van der Waals surface area contributed by atoms with Gasteiger partial charge in [-0.3, -0.25) is 0 Å². The highest BCUT2D eigenvalue weighted by molar-refractivity contribution is 5.86. The molecule has 0 aliphatic carbocycles. The quantitative estimate of drug-likeness (QED) is 0.774. The van der Waals surface area contributed by atoms with Crippen LogP contribution >= 0.6 is 0 Å². The Morgan fingerprint density at radius 1 is 1.19 bits per heavy atom. The minimum atomic E-state index is 0.178. The van der Waals surface area contributed by atoms with Crippen molar-refractivity contribution >= 4 is 16.7 Å². The molecule has 0 saturated carbocycles. The molecular weight excluding hydrogens is 264 g/mol. The summed E-state index contributed by atoms with van der Waals surface area (Å²) in [5, 5.41) is 8.48. The second-order valence-electron chi connectivity index (χ2n) is 5.09. The minimum Gasteiger partial charge on any atom is -0.494 e. The van der Waals surface area contributed by atoms with Crippen molar-refractivity contribution in [2.24, 2.45) is 0 Å². The van der Waals surface area contributed by atoms with Crippen LogP contribution in [0.2, 0.25) is 0 Å². The van der Waals surface area contributed by atoms with Crippen LogP contribution in [0.4, 0.5) is 5.69 Å². The van der Waals surface area contributed by atoms with E-state index >= 15 is 0 Å². The molecule has 0 amide bonds. The standard InChI is InChI=1S/C17H18N2O2/c1-11(13-7-5-4-6-8-13)18-15-9-14-12(2)19-21-16(14)10-17(15)20-3/h4-11,18H,1-3H3. The van der Waals surface area contributed by atoms with Crippen molar-refractivity contribution in [3.63, 3.8) is 0 Å². The van der Waals surface area contributed by atoms with Crippen molar-refractivity contribution in [2.45, 2.75) is 19.9 Å². The normalized spacial score (nSPS) is 12.3. The average molecular weight is 282 g/mol. The third-order valence-corrected chi connectivity index (χ3v) is 3.64. The molecule has 0 radical (unpaired) electrons. The first-order chi connectivity index (χ1) is 10.2. The van der Waals surface area contributed by atoms with Crippen LogP contribution in [-0.2, 0) is 0 Å². The maximum absolute atomic E-state index is 5.45. The highest BCUT2D eigenvalue weighted by atomic mass is 16.5. The molecule has 108 valence electrons. The molecule has 4 heteroatoms. The number of hydrogen-bond donors (Lipinski definition) is 1. The number of nitrogens with one attached hydrogen (secondary N) is 1. The van der Waals surface area contributed by atoms with Gasteiger partial charge in [-0.25, -0.2) is 0 Å². The van der Waals surface area contributed by atoms with Crippen molar-refractivity contribution in [2.75, 3.05) is 12.4 Å². The summed E-state index contributed by atoms with van der Waals surface area (Å²) in [6.45, 7) is 4.06. The van der Waals surface area contributed by atoms with Crippen molar-refractivity contribution < 1.29 is 9.26 Å². The van der Waals surface area contributed by atoms with Crippen LogP contribution < -0.4 is 10.1 Å². The summed E-state index contributed by atoms with van der Waals surface area (Å²) in [6.07, 6.45) is 0. The number of benzene rings is 2. The molecule has 1 atom stereocenters. The lowest BCUT2D eigenvalue weighted by molar-refractivity contribution is 0.412. The molecule has 4 nitrogen and oxygen atoms in total. The van der Waals surface area contributed by atoms with Crippen molar-refractivity contribution in [3.05, 3.63) is 53.7 Å². The van der Waals surface area contributed by atoms with E-state index in [1.54, 1.807) is 7.11 Å². The molecular formula is C17H18N2O2. The van der Waals surface area contributed by atoms with Crippen LogP contribution in [0.25, 0.3) is 11.0 Å². The van der Waals surface area contributed by atoms with E-state index in [4.69, 9.17) is 9.26 Å². The number of methoxy groups -OCH3 is 1. The van der Waals surface area contributed by atoms with E-state index < -0.39 is 0 Å². The smallest absolute Gasteiger partial charge is 0.170 e. The number of ether oxygens (including phenoxy) is 1. The second kappa shape index (κ2) is 5.48. The van der Waals surface area contributed by atoms with Gasteiger partial charge in [-0.05, 0) is 25.5 Å². The van der Waals surface area contributed by atoms with E-state index in [1.807, 2.05) is 37.3 Å². The predicted molar refractivity (Wildman–Crippen MR) is 83.8 cm³/mol. The molecule has 0 bridgehead atoms. The maximum Gasteiger partial charge on any atom is 0.170 e. The molecule has 2 aromatic carbocycles. The Labute approximate surface area is 123 Å². The van der Waals surface area contributed by atoms with Gasteiger partial charge in [0, 0.05) is 17.5 Å². The Kier molecular flexibility index (Phi) is 3.52. The van der Waals surface area contributed by atoms with Gasteiger partial charge in [0.05, 0.1) is 18.5 Å². The third kappa shape index (κ3) is 2.57. The lowest BCUT2D eigenvalue weighted by atomic mass is 10.1. The number of nitrogens with zero attached hydrogens (tertiary/aromatic N) is 1. The highest BCUT2D eigenvalue weighted by Crippen LogP contribution is 2.33. The summed E-state index contributed by atoms with van der Waals surface area (Å²) in [7, 11) is 1.66. The summed E-state index contributed by atoms with van der Waals surface area (Å²) >= 11 is 0. The van der Waals surface area contributed by atoms with Crippen LogP contribution in [0.3, 0.4) is 0 Å². The lowest BCUT2D eigenvalue weighted by Crippen LogP contribution is -2.07. The van der Waals surface area contributed by atoms with Crippen molar-refractivity contribution in [1.82, 2.24) is 5.16 Å². The highest BCUT2D eigenvalue weighted by Gasteiger charge is 2.13. The van der Waals surface area contributed by atoms with Gasteiger partial charge in [-0.1, -0.05) is 35.5 Å². The largest absolute Gasteiger partial charge is 0.494 e. The fourth-order valence-electron chi connectivity index (χ4n) is 2.43. The van der Waals surface area contributed by atoms with E-state index in [-0.39, 0.29) is 6.04 Å². The molecule has 0 fully saturated rings. The van der Waals surface area contributed by atoms with Gasteiger partial charge in [0.15, 0.2) is 5.58 Å². The lowest BCUT2D eigenvalue weighted by Gasteiger charge is -2.18. The second-order valence-corrected chi connectivity index (χ2v) is 5.09. The summed E-state index contributed by atoms with van der Waals surface area (Å²) in [5.41, 5.74) is 3.78. The zero-order valence-electron chi connectivity index (χ0n) is 12.4. The molecule has 0 spiro atoms. The summed E-state index contributed by atoms with van der Waals surface area (Å²) in [4.78, 5) is 0. The minimum absolute atomic E-state index is 0.178. The van der Waals surface area contributed by atoms with Crippen LogP contribution in [0.15, 0.2) is 47.0 Å². The number of fused-ring (bicyclic) bond motifs is 1. The molecule has 0 aliphatic rings. The first kappa shape index (κ1) is 13.5. The molecule has 0 saturated heterocycles. The molecule has 1 unspecified atom stereocenters. The van der Waals surface area contributed by atoms with E-state index in [2.05, 4.69) is 29.5 Å². The van der Waals surface area contributed by atoms with Crippen LogP contribution in [-0.4, -0.2) is 12.3 Å². The molecule has 3 aromatic rings. The number of rotatable bonds is 4. The number of aryl methyl sites for hydroxylation is 1. The van der Waals surface area contributed by atoms with Crippen molar-refractivity contribution in [3.8, 4) is 5.75 Å². The Morgan fingerprint density at radius 3 is 2.67 bits per heavy atom. The maximum atomic E-state index is 5.45. The molecule has 21 heavy (non-hydrogen) atoms. The SMILES string of the molecule is COc1cc2onc(C)c2cc1NC(C)c1ccccc1. The number of anilines is 1. The zero-order chi connectivity index (χ0) is 14.8. The van der Waals surface area contributed by atoms with Crippen LogP contribution in [0.5, 0.6) is 5.75 Å². The van der Waals surface area contributed by atoms with E-state index in [0.29, 0.717) is 0 Å². The first-order valence-corrected chi connectivity index (χ1v) is 6.94. The Balaban J connectivity index is 1.97. The van der Waals surface area contributed by atoms with Gasteiger partial charge < -0.3 is 14.6 Å². The predicted octanol–water partition coefficient (Wildman–Crippen LogP) is 4.32. The molecule has 3 rings (SSSR count). The number of aromatic nitrogens is 1. The summed E-state index contributed by atoms with van der Waals surface area (Å²) in [6, 6.07) is 14.4. The van der Waals surface area contributed by atoms with E-state index in [9.17, 15) is 0 Å². The van der Waals surface area contributed by atoms with Gasteiger partial charge >= 0.3 is 0 Å². The summed E-state index contributed by atoms with van der Waals surface area (Å²) in [5.74, 6) is 0.751. The first-order valence-electron chi connectivity index (χ1n) is 6.94. The Hall–Kier alpha value is -2.49. The zero-order valence-corrected chi connectivity index (χ0v) is 12.4. The molecule has 1 N–H and O–H groups in total. The Bertz CT molecular complexity index is 750. The summed E-state index contributed by atoms with van der Waals surface area (Å²) < 4.78 is 10.7.